The topological polar surface area (TPSA) is 107 Å². The predicted octanol–water partition coefficient (Wildman–Crippen LogP) is 1.92. The van der Waals surface area contributed by atoms with Gasteiger partial charge in [-0.05, 0) is 12.8 Å². The van der Waals surface area contributed by atoms with Gasteiger partial charge in [0, 0.05) is 25.6 Å². The lowest BCUT2D eigenvalue weighted by Gasteiger charge is -2.21. The Morgan fingerprint density at radius 1 is 0.962 bits per heavy atom. The molecule has 1 aromatic heterocycles. The average molecular weight is 364 g/mol. The molecule has 0 amide bonds. The van der Waals surface area contributed by atoms with Crippen molar-refractivity contribution < 1.29 is 9.47 Å². The maximum absolute atomic E-state index is 5.52. The Morgan fingerprint density at radius 2 is 1.65 bits per heavy atom. The van der Waals surface area contributed by atoms with Crippen molar-refractivity contribution >= 4 is 11.9 Å². The van der Waals surface area contributed by atoms with Crippen molar-refractivity contribution in [1.82, 2.24) is 15.0 Å². The smallest absolute Gasteiger partial charge is 0.228 e. The molecule has 1 aliphatic rings. The lowest BCUT2D eigenvalue weighted by atomic mass is 9.89. The molecule has 0 aliphatic heterocycles. The van der Waals surface area contributed by atoms with Crippen LogP contribution in [-0.4, -0.2) is 61.0 Å². The number of anilines is 2. The van der Waals surface area contributed by atoms with Gasteiger partial charge in [0.1, 0.15) is 5.82 Å². The first kappa shape index (κ1) is 20.5. The molecule has 1 fully saturated rings. The van der Waals surface area contributed by atoms with Gasteiger partial charge >= 0.3 is 0 Å². The van der Waals surface area contributed by atoms with Crippen molar-refractivity contribution in [3.05, 3.63) is 18.5 Å². The summed E-state index contributed by atoms with van der Waals surface area (Å²) in [6.45, 7) is 7.76. The van der Waals surface area contributed by atoms with Gasteiger partial charge in [-0.2, -0.15) is 15.0 Å². The first-order valence-corrected chi connectivity index (χ1v) is 9.53. The van der Waals surface area contributed by atoms with Crippen LogP contribution in [0.4, 0.5) is 11.9 Å². The molecule has 2 rings (SSSR count). The van der Waals surface area contributed by atoms with E-state index in [0.29, 0.717) is 63.9 Å². The molecule has 8 nitrogen and oxygen atoms in total. The van der Waals surface area contributed by atoms with Gasteiger partial charge in [0.25, 0.3) is 0 Å². The summed E-state index contributed by atoms with van der Waals surface area (Å²) in [5.41, 5.74) is 5.36. The molecule has 146 valence electrons. The van der Waals surface area contributed by atoms with Gasteiger partial charge in [0.2, 0.25) is 11.9 Å². The van der Waals surface area contributed by atoms with Crippen molar-refractivity contribution in [2.24, 2.45) is 5.73 Å². The lowest BCUT2D eigenvalue weighted by Crippen LogP contribution is -2.18. The SMILES string of the molecule is C=CCNc1nc(NCCOCCOCCN)nc(C2CCCCC2)n1. The summed E-state index contributed by atoms with van der Waals surface area (Å²) in [5.74, 6) is 2.49. The number of nitrogens with two attached hydrogens (primary N) is 1. The zero-order valence-corrected chi connectivity index (χ0v) is 15.6. The summed E-state index contributed by atoms with van der Waals surface area (Å²) in [6.07, 6.45) is 7.88. The molecule has 0 aromatic carbocycles. The van der Waals surface area contributed by atoms with Crippen molar-refractivity contribution in [3.8, 4) is 0 Å². The Bertz CT molecular complexity index is 522. The van der Waals surface area contributed by atoms with Gasteiger partial charge in [-0.3, -0.25) is 0 Å². The predicted molar refractivity (Wildman–Crippen MR) is 104 cm³/mol. The standard InChI is InChI=1S/C18H32N6O2/c1-2-9-20-17-22-16(15-6-4-3-5-7-15)23-18(24-17)21-10-12-26-14-13-25-11-8-19/h2,15H,1,3-14,19H2,(H2,20,21,22,23,24). The minimum atomic E-state index is 0.424. The van der Waals surface area contributed by atoms with E-state index < -0.39 is 0 Å². The van der Waals surface area contributed by atoms with Crippen molar-refractivity contribution in [3.63, 3.8) is 0 Å². The maximum Gasteiger partial charge on any atom is 0.228 e. The van der Waals surface area contributed by atoms with Crippen LogP contribution in [0, 0.1) is 0 Å². The van der Waals surface area contributed by atoms with Crippen LogP contribution in [0.2, 0.25) is 0 Å². The van der Waals surface area contributed by atoms with Crippen molar-refractivity contribution in [1.29, 1.82) is 0 Å². The molecular weight excluding hydrogens is 332 g/mol. The van der Waals surface area contributed by atoms with Gasteiger partial charge in [-0.15, -0.1) is 6.58 Å². The Morgan fingerprint density at radius 3 is 2.35 bits per heavy atom. The van der Waals surface area contributed by atoms with Crippen LogP contribution < -0.4 is 16.4 Å². The highest BCUT2D eigenvalue weighted by Gasteiger charge is 2.20. The molecule has 0 unspecified atom stereocenters. The quantitative estimate of drug-likeness (QED) is 0.360. The van der Waals surface area contributed by atoms with Crippen molar-refractivity contribution in [2.75, 3.05) is 56.7 Å². The van der Waals surface area contributed by atoms with Crippen LogP contribution in [0.5, 0.6) is 0 Å². The normalized spacial score (nSPS) is 15.0. The first-order chi connectivity index (χ1) is 12.8. The van der Waals surface area contributed by atoms with E-state index in [9.17, 15) is 0 Å². The van der Waals surface area contributed by atoms with Crippen LogP contribution in [-0.2, 0) is 9.47 Å². The number of nitrogens with one attached hydrogen (secondary N) is 2. The Hall–Kier alpha value is -1.77. The van der Waals surface area contributed by atoms with E-state index in [1.807, 2.05) is 0 Å². The molecule has 1 heterocycles. The number of hydrogen-bond donors (Lipinski definition) is 3. The molecule has 0 spiro atoms. The second-order valence-electron chi connectivity index (χ2n) is 6.29. The van der Waals surface area contributed by atoms with Gasteiger partial charge in [-0.25, -0.2) is 0 Å². The van der Waals surface area contributed by atoms with Crippen LogP contribution in [0.25, 0.3) is 0 Å². The monoisotopic (exact) mass is 364 g/mol. The van der Waals surface area contributed by atoms with Crippen LogP contribution in [0.1, 0.15) is 43.8 Å². The third-order valence-corrected chi connectivity index (χ3v) is 4.19. The lowest BCUT2D eigenvalue weighted by molar-refractivity contribution is 0.0547. The Kier molecular flexibility index (Phi) is 9.92. The molecule has 0 radical (unpaired) electrons. The number of aromatic nitrogens is 3. The van der Waals surface area contributed by atoms with E-state index in [2.05, 4.69) is 32.2 Å². The molecule has 4 N–H and O–H groups in total. The fourth-order valence-corrected chi connectivity index (χ4v) is 2.90. The fourth-order valence-electron chi connectivity index (χ4n) is 2.90. The summed E-state index contributed by atoms with van der Waals surface area (Å²) in [6, 6.07) is 0. The molecule has 1 aliphatic carbocycles. The molecule has 0 atom stereocenters. The number of ether oxygens (including phenoxy) is 2. The van der Waals surface area contributed by atoms with Gasteiger partial charge in [0.15, 0.2) is 0 Å². The molecular formula is C18H32N6O2. The van der Waals surface area contributed by atoms with E-state index in [1.165, 1.54) is 19.3 Å². The van der Waals surface area contributed by atoms with Gasteiger partial charge < -0.3 is 25.8 Å². The zero-order valence-electron chi connectivity index (χ0n) is 15.6. The zero-order chi connectivity index (χ0) is 18.5. The van der Waals surface area contributed by atoms with E-state index in [-0.39, 0.29) is 0 Å². The summed E-state index contributed by atoms with van der Waals surface area (Å²) in [5, 5.41) is 6.40. The highest BCUT2D eigenvalue weighted by Crippen LogP contribution is 2.31. The molecule has 26 heavy (non-hydrogen) atoms. The second-order valence-corrected chi connectivity index (χ2v) is 6.29. The van der Waals surface area contributed by atoms with Crippen LogP contribution >= 0.6 is 0 Å². The highest BCUT2D eigenvalue weighted by atomic mass is 16.5. The van der Waals surface area contributed by atoms with E-state index in [0.717, 1.165) is 18.7 Å². The summed E-state index contributed by atoms with van der Waals surface area (Å²) in [7, 11) is 0. The third-order valence-electron chi connectivity index (χ3n) is 4.19. The van der Waals surface area contributed by atoms with Gasteiger partial charge in [0.05, 0.1) is 26.4 Å². The second kappa shape index (κ2) is 12.6. The average Bonchev–Trinajstić information content (AvgIpc) is 2.69. The number of nitrogens with zero attached hydrogens (tertiary/aromatic N) is 3. The van der Waals surface area contributed by atoms with E-state index >= 15 is 0 Å². The molecule has 1 aromatic rings. The number of hydrogen-bond acceptors (Lipinski definition) is 8. The third kappa shape index (κ3) is 7.63. The molecule has 0 bridgehead atoms. The Labute approximate surface area is 156 Å². The minimum absolute atomic E-state index is 0.424. The number of rotatable bonds is 13. The Balaban J connectivity index is 1.84. The van der Waals surface area contributed by atoms with Crippen molar-refractivity contribution in [2.45, 2.75) is 38.0 Å². The largest absolute Gasteiger partial charge is 0.378 e. The molecule has 1 saturated carbocycles. The fraction of sp³-hybridized carbons (Fsp3) is 0.722. The molecule has 0 saturated heterocycles. The van der Waals surface area contributed by atoms with E-state index in [4.69, 9.17) is 15.2 Å². The summed E-state index contributed by atoms with van der Waals surface area (Å²) >= 11 is 0. The van der Waals surface area contributed by atoms with Crippen LogP contribution in [0.15, 0.2) is 12.7 Å². The van der Waals surface area contributed by atoms with Gasteiger partial charge in [-0.1, -0.05) is 25.3 Å². The summed E-state index contributed by atoms with van der Waals surface area (Å²) < 4.78 is 10.8. The highest BCUT2D eigenvalue weighted by molar-refractivity contribution is 5.35. The van der Waals surface area contributed by atoms with E-state index in [1.54, 1.807) is 6.08 Å². The van der Waals surface area contributed by atoms with Crippen LogP contribution in [0.3, 0.4) is 0 Å². The maximum atomic E-state index is 5.52. The summed E-state index contributed by atoms with van der Waals surface area (Å²) in [4.78, 5) is 13.7. The minimum Gasteiger partial charge on any atom is -0.378 e. The molecule has 8 heteroatoms. The first-order valence-electron chi connectivity index (χ1n) is 9.53.